The number of thiazole rings is 1. The number of aromatic nitrogens is 1. The maximum absolute atomic E-state index is 12.1. The van der Waals surface area contributed by atoms with Crippen molar-refractivity contribution >= 4 is 23.3 Å². The van der Waals surface area contributed by atoms with Crippen LogP contribution in [0.4, 0.5) is 4.79 Å². The lowest BCUT2D eigenvalue weighted by Crippen LogP contribution is -2.51. The standard InChI is InChI=1S/C14H24N4O2S/c1-8(2)11(12(15)19)17-14(20)18(5)6-10-7-21-13(16-10)9(3)4/h7-9,11H,6H2,1-5H3,(H2,15,19)(H,17,20)/t11-/m0/s1. The third-order valence-corrected chi connectivity index (χ3v) is 4.26. The van der Waals surface area contributed by atoms with Crippen molar-refractivity contribution < 1.29 is 9.59 Å². The highest BCUT2D eigenvalue weighted by molar-refractivity contribution is 7.09. The van der Waals surface area contributed by atoms with Crippen LogP contribution in [-0.4, -0.2) is 34.9 Å². The van der Waals surface area contributed by atoms with Crippen LogP contribution in [0.15, 0.2) is 5.38 Å². The molecule has 21 heavy (non-hydrogen) atoms. The van der Waals surface area contributed by atoms with Gasteiger partial charge in [0.15, 0.2) is 0 Å². The first-order chi connectivity index (χ1) is 9.72. The SMILES string of the molecule is CC(C)c1nc(CN(C)C(=O)N[C@H](C(N)=O)C(C)C)cs1. The summed E-state index contributed by atoms with van der Waals surface area (Å²) < 4.78 is 0. The average Bonchev–Trinajstić information content (AvgIpc) is 2.83. The van der Waals surface area contributed by atoms with E-state index in [2.05, 4.69) is 24.1 Å². The highest BCUT2D eigenvalue weighted by atomic mass is 32.1. The second kappa shape index (κ2) is 7.40. The number of nitrogens with one attached hydrogen (secondary N) is 1. The molecule has 0 spiro atoms. The van der Waals surface area contributed by atoms with Gasteiger partial charge in [-0.05, 0) is 5.92 Å². The van der Waals surface area contributed by atoms with E-state index in [1.54, 1.807) is 18.4 Å². The molecule has 3 N–H and O–H groups in total. The Morgan fingerprint density at radius 3 is 2.43 bits per heavy atom. The van der Waals surface area contributed by atoms with Gasteiger partial charge in [-0.1, -0.05) is 27.7 Å². The van der Waals surface area contributed by atoms with Crippen molar-refractivity contribution in [1.29, 1.82) is 0 Å². The van der Waals surface area contributed by atoms with Gasteiger partial charge in [0, 0.05) is 18.3 Å². The van der Waals surface area contributed by atoms with Crippen molar-refractivity contribution in [3.8, 4) is 0 Å². The van der Waals surface area contributed by atoms with E-state index in [9.17, 15) is 9.59 Å². The van der Waals surface area contributed by atoms with Crippen molar-refractivity contribution in [2.75, 3.05) is 7.05 Å². The molecule has 3 amide bonds. The Hall–Kier alpha value is -1.63. The fourth-order valence-corrected chi connectivity index (χ4v) is 2.61. The number of rotatable bonds is 6. The van der Waals surface area contributed by atoms with Gasteiger partial charge in [0.1, 0.15) is 6.04 Å². The molecule has 0 bridgehead atoms. The van der Waals surface area contributed by atoms with E-state index in [0.717, 1.165) is 10.7 Å². The molecule has 6 nitrogen and oxygen atoms in total. The molecule has 0 saturated carbocycles. The van der Waals surface area contributed by atoms with E-state index < -0.39 is 11.9 Å². The predicted octanol–water partition coefficient (Wildman–Crippen LogP) is 1.92. The molecular formula is C14H24N4O2S. The summed E-state index contributed by atoms with van der Waals surface area (Å²) >= 11 is 1.59. The molecule has 1 aromatic rings. The van der Waals surface area contributed by atoms with Crippen LogP contribution in [0.5, 0.6) is 0 Å². The summed E-state index contributed by atoms with van der Waals surface area (Å²) in [5.41, 5.74) is 6.14. The van der Waals surface area contributed by atoms with E-state index in [4.69, 9.17) is 5.73 Å². The number of nitrogens with two attached hydrogens (primary N) is 1. The predicted molar refractivity (Wildman–Crippen MR) is 84.0 cm³/mol. The van der Waals surface area contributed by atoms with E-state index in [1.807, 2.05) is 19.2 Å². The van der Waals surface area contributed by atoms with Crippen LogP contribution in [-0.2, 0) is 11.3 Å². The first-order valence-corrected chi connectivity index (χ1v) is 7.85. The molecule has 0 unspecified atom stereocenters. The maximum atomic E-state index is 12.1. The van der Waals surface area contributed by atoms with Crippen LogP contribution in [0.25, 0.3) is 0 Å². The van der Waals surface area contributed by atoms with Gasteiger partial charge < -0.3 is 16.0 Å². The van der Waals surface area contributed by atoms with Gasteiger partial charge in [0.05, 0.1) is 17.2 Å². The zero-order valence-electron chi connectivity index (χ0n) is 13.2. The summed E-state index contributed by atoms with van der Waals surface area (Å²) in [5, 5.41) is 5.66. The molecule has 1 rings (SSSR count). The summed E-state index contributed by atoms with van der Waals surface area (Å²) in [6, 6.07) is -0.992. The molecule has 0 saturated heterocycles. The van der Waals surface area contributed by atoms with Gasteiger partial charge in [-0.25, -0.2) is 9.78 Å². The monoisotopic (exact) mass is 312 g/mol. The van der Waals surface area contributed by atoms with Crippen LogP contribution in [0.1, 0.15) is 44.3 Å². The third-order valence-electron chi connectivity index (χ3n) is 3.06. The molecule has 1 heterocycles. The number of primary amides is 1. The molecule has 0 aliphatic carbocycles. The Morgan fingerprint density at radius 2 is 2.00 bits per heavy atom. The third kappa shape index (κ3) is 5.00. The summed E-state index contributed by atoms with van der Waals surface area (Å²) in [5.74, 6) is -0.197. The van der Waals surface area contributed by atoms with Crippen LogP contribution in [0.3, 0.4) is 0 Å². The van der Waals surface area contributed by atoms with Gasteiger partial charge in [-0.3, -0.25) is 4.79 Å². The van der Waals surface area contributed by atoms with E-state index in [0.29, 0.717) is 12.5 Å². The molecule has 1 atom stereocenters. The van der Waals surface area contributed by atoms with E-state index in [1.165, 1.54) is 4.90 Å². The Labute approximate surface area is 129 Å². The quantitative estimate of drug-likeness (QED) is 0.841. The molecule has 7 heteroatoms. The average molecular weight is 312 g/mol. The largest absolute Gasteiger partial charge is 0.368 e. The van der Waals surface area contributed by atoms with Gasteiger partial charge >= 0.3 is 6.03 Å². The summed E-state index contributed by atoms with van der Waals surface area (Å²) in [6.07, 6.45) is 0. The lowest BCUT2D eigenvalue weighted by Gasteiger charge is -2.23. The van der Waals surface area contributed by atoms with E-state index in [-0.39, 0.29) is 11.9 Å². The number of nitrogens with zero attached hydrogens (tertiary/aromatic N) is 2. The first kappa shape index (κ1) is 17.4. The lowest BCUT2D eigenvalue weighted by atomic mass is 10.0. The van der Waals surface area contributed by atoms with Crippen molar-refractivity contribution in [3.05, 3.63) is 16.1 Å². The second-order valence-electron chi connectivity index (χ2n) is 5.76. The zero-order chi connectivity index (χ0) is 16.2. The van der Waals surface area contributed by atoms with Crippen molar-refractivity contribution in [3.63, 3.8) is 0 Å². The van der Waals surface area contributed by atoms with Gasteiger partial charge in [0.2, 0.25) is 5.91 Å². The summed E-state index contributed by atoms with van der Waals surface area (Å²) in [7, 11) is 1.67. The molecule has 0 fully saturated rings. The molecule has 0 aliphatic heterocycles. The highest BCUT2D eigenvalue weighted by Gasteiger charge is 2.23. The van der Waals surface area contributed by atoms with Crippen LogP contribution < -0.4 is 11.1 Å². The molecule has 0 radical (unpaired) electrons. The van der Waals surface area contributed by atoms with Crippen LogP contribution in [0.2, 0.25) is 0 Å². The Bertz CT molecular complexity index is 499. The van der Waals surface area contributed by atoms with Crippen molar-refractivity contribution in [2.45, 2.75) is 46.2 Å². The molecular weight excluding hydrogens is 288 g/mol. The lowest BCUT2D eigenvalue weighted by molar-refractivity contribution is -0.120. The number of hydrogen-bond acceptors (Lipinski definition) is 4. The number of carbonyl (C=O) groups is 2. The normalized spacial score (nSPS) is 12.5. The Morgan fingerprint density at radius 1 is 1.38 bits per heavy atom. The number of carbonyl (C=O) groups excluding carboxylic acids is 2. The fraction of sp³-hybridized carbons (Fsp3) is 0.643. The Balaban J connectivity index is 2.63. The number of hydrogen-bond donors (Lipinski definition) is 2. The molecule has 118 valence electrons. The topological polar surface area (TPSA) is 88.3 Å². The van der Waals surface area contributed by atoms with Gasteiger partial charge in [0.25, 0.3) is 0 Å². The smallest absolute Gasteiger partial charge is 0.318 e. The highest BCUT2D eigenvalue weighted by Crippen LogP contribution is 2.19. The minimum absolute atomic E-state index is 0.0494. The zero-order valence-corrected chi connectivity index (χ0v) is 14.0. The van der Waals surface area contributed by atoms with E-state index >= 15 is 0 Å². The molecule has 0 aromatic carbocycles. The van der Waals surface area contributed by atoms with Crippen LogP contribution in [0, 0.1) is 5.92 Å². The summed E-state index contributed by atoms with van der Waals surface area (Å²) in [6.45, 7) is 8.24. The second-order valence-corrected chi connectivity index (χ2v) is 6.65. The van der Waals surface area contributed by atoms with Crippen LogP contribution >= 0.6 is 11.3 Å². The first-order valence-electron chi connectivity index (χ1n) is 6.97. The Kier molecular flexibility index (Phi) is 6.14. The molecule has 0 aliphatic rings. The molecule has 1 aromatic heterocycles. The van der Waals surface area contributed by atoms with Gasteiger partial charge in [-0.15, -0.1) is 11.3 Å². The number of amides is 3. The van der Waals surface area contributed by atoms with Gasteiger partial charge in [-0.2, -0.15) is 0 Å². The fourth-order valence-electron chi connectivity index (χ4n) is 1.78. The van der Waals surface area contributed by atoms with Crippen molar-refractivity contribution in [2.24, 2.45) is 11.7 Å². The maximum Gasteiger partial charge on any atom is 0.318 e. The minimum atomic E-state index is -0.665. The number of urea groups is 1. The minimum Gasteiger partial charge on any atom is -0.368 e. The van der Waals surface area contributed by atoms with Crippen molar-refractivity contribution in [1.82, 2.24) is 15.2 Å². The summed E-state index contributed by atoms with van der Waals surface area (Å²) in [4.78, 5) is 29.4.